The third-order valence-electron chi connectivity index (χ3n) is 2.26. The van der Waals surface area contributed by atoms with Crippen LogP contribution >= 0.6 is 11.8 Å². The fourth-order valence-corrected chi connectivity index (χ4v) is 2.39. The number of nitrogens with zero attached hydrogens (tertiary/aromatic N) is 3. The maximum absolute atomic E-state index is 6.07. The van der Waals surface area contributed by atoms with Crippen LogP contribution in [0.2, 0.25) is 0 Å². The lowest BCUT2D eigenvalue weighted by Crippen LogP contribution is -2.27. The predicted molar refractivity (Wildman–Crippen MR) is 69.6 cm³/mol. The summed E-state index contributed by atoms with van der Waals surface area (Å²) in [4.78, 5) is 4.27. The molecule has 0 aliphatic heterocycles. The highest BCUT2D eigenvalue weighted by Gasteiger charge is 2.09. The molecular formula is C11H22N4S. The van der Waals surface area contributed by atoms with Gasteiger partial charge in [0, 0.05) is 24.8 Å². The Hall–Kier alpha value is -0.550. The Morgan fingerprint density at radius 3 is 2.94 bits per heavy atom. The fraction of sp³-hybridized carbons (Fsp3) is 0.818. The number of thioether (sulfide) groups is 1. The normalized spacial score (nSPS) is 12.9. The third-order valence-corrected chi connectivity index (χ3v) is 3.62. The number of hydrogen-bond acceptors (Lipinski definition) is 4. The van der Waals surface area contributed by atoms with Crippen LogP contribution in [0.1, 0.15) is 32.5 Å². The molecule has 0 saturated heterocycles. The fourth-order valence-electron chi connectivity index (χ4n) is 1.52. The molecule has 0 fully saturated rings. The Morgan fingerprint density at radius 2 is 2.25 bits per heavy atom. The van der Waals surface area contributed by atoms with Gasteiger partial charge in [-0.2, -0.15) is 16.9 Å². The molecular weight excluding hydrogens is 220 g/mol. The minimum atomic E-state index is 0.191. The second-order valence-electron chi connectivity index (χ2n) is 3.94. The Bertz CT molecular complexity index is 287. The van der Waals surface area contributed by atoms with E-state index in [-0.39, 0.29) is 6.04 Å². The van der Waals surface area contributed by atoms with Crippen molar-refractivity contribution in [1.82, 2.24) is 14.8 Å². The molecule has 0 spiro atoms. The van der Waals surface area contributed by atoms with E-state index in [1.165, 1.54) is 12.2 Å². The van der Waals surface area contributed by atoms with Gasteiger partial charge in [-0.05, 0) is 18.6 Å². The van der Waals surface area contributed by atoms with Crippen LogP contribution in [-0.4, -0.2) is 32.3 Å². The standard InChI is InChI=1S/C11H22N4S/c1-3-5-15-11(13-9-14-15)7-10(12)8-16-6-4-2/h9-10H,3-8,12H2,1-2H3. The Labute approximate surface area is 102 Å². The van der Waals surface area contributed by atoms with Crippen molar-refractivity contribution in [2.45, 2.75) is 45.7 Å². The molecule has 0 bridgehead atoms. The topological polar surface area (TPSA) is 56.7 Å². The lowest BCUT2D eigenvalue weighted by molar-refractivity contribution is 0.553. The van der Waals surface area contributed by atoms with Gasteiger partial charge >= 0.3 is 0 Å². The summed E-state index contributed by atoms with van der Waals surface area (Å²) >= 11 is 1.92. The van der Waals surface area contributed by atoms with Crippen molar-refractivity contribution in [3.8, 4) is 0 Å². The summed E-state index contributed by atoms with van der Waals surface area (Å²) in [7, 11) is 0. The van der Waals surface area contributed by atoms with Gasteiger partial charge in [0.15, 0.2) is 0 Å². The largest absolute Gasteiger partial charge is 0.327 e. The van der Waals surface area contributed by atoms with Crippen molar-refractivity contribution >= 4 is 11.8 Å². The summed E-state index contributed by atoms with van der Waals surface area (Å²) in [6.45, 7) is 5.27. The van der Waals surface area contributed by atoms with Gasteiger partial charge in [0.25, 0.3) is 0 Å². The molecule has 0 aromatic carbocycles. The highest BCUT2D eigenvalue weighted by atomic mass is 32.2. The van der Waals surface area contributed by atoms with Crippen LogP contribution in [0.15, 0.2) is 6.33 Å². The average Bonchev–Trinajstić information content (AvgIpc) is 2.67. The van der Waals surface area contributed by atoms with Crippen LogP contribution in [0.4, 0.5) is 0 Å². The maximum atomic E-state index is 6.07. The molecule has 5 heteroatoms. The zero-order valence-corrected chi connectivity index (χ0v) is 11.0. The summed E-state index contributed by atoms with van der Waals surface area (Å²) in [5.74, 6) is 3.22. The summed E-state index contributed by atoms with van der Waals surface area (Å²) < 4.78 is 1.96. The molecule has 1 unspecified atom stereocenters. The van der Waals surface area contributed by atoms with Gasteiger partial charge in [0.1, 0.15) is 12.2 Å². The van der Waals surface area contributed by atoms with Crippen molar-refractivity contribution in [3.05, 3.63) is 12.2 Å². The Balaban J connectivity index is 2.36. The van der Waals surface area contributed by atoms with E-state index in [0.717, 1.165) is 31.0 Å². The Morgan fingerprint density at radius 1 is 1.44 bits per heavy atom. The predicted octanol–water partition coefficient (Wildman–Crippen LogP) is 1.70. The van der Waals surface area contributed by atoms with Crippen LogP contribution in [0.5, 0.6) is 0 Å². The van der Waals surface area contributed by atoms with Crippen molar-refractivity contribution in [1.29, 1.82) is 0 Å². The molecule has 1 aromatic heterocycles. The summed E-state index contributed by atoms with van der Waals surface area (Å²) in [5, 5.41) is 4.20. The van der Waals surface area contributed by atoms with E-state index in [0.29, 0.717) is 0 Å². The lowest BCUT2D eigenvalue weighted by Gasteiger charge is -2.11. The van der Waals surface area contributed by atoms with E-state index in [1.807, 2.05) is 16.4 Å². The van der Waals surface area contributed by atoms with Gasteiger partial charge < -0.3 is 5.73 Å². The zero-order chi connectivity index (χ0) is 11.8. The molecule has 0 aliphatic rings. The minimum Gasteiger partial charge on any atom is -0.327 e. The SMILES string of the molecule is CCCSCC(N)Cc1ncnn1CCC. The van der Waals surface area contributed by atoms with Crippen LogP contribution < -0.4 is 5.73 Å². The highest BCUT2D eigenvalue weighted by molar-refractivity contribution is 7.99. The van der Waals surface area contributed by atoms with Crippen molar-refractivity contribution in [2.24, 2.45) is 5.73 Å². The summed E-state index contributed by atoms with van der Waals surface area (Å²) in [6.07, 6.45) is 4.74. The van der Waals surface area contributed by atoms with E-state index in [4.69, 9.17) is 5.73 Å². The Kier molecular flexibility index (Phi) is 6.49. The van der Waals surface area contributed by atoms with Gasteiger partial charge in [0.2, 0.25) is 0 Å². The molecule has 2 N–H and O–H groups in total. The highest BCUT2D eigenvalue weighted by Crippen LogP contribution is 2.07. The monoisotopic (exact) mass is 242 g/mol. The zero-order valence-electron chi connectivity index (χ0n) is 10.2. The van der Waals surface area contributed by atoms with Gasteiger partial charge in [-0.3, -0.25) is 4.68 Å². The van der Waals surface area contributed by atoms with E-state index in [1.54, 1.807) is 6.33 Å². The molecule has 0 radical (unpaired) electrons. The van der Waals surface area contributed by atoms with E-state index >= 15 is 0 Å². The van der Waals surface area contributed by atoms with Gasteiger partial charge in [-0.15, -0.1) is 0 Å². The van der Waals surface area contributed by atoms with E-state index < -0.39 is 0 Å². The second kappa shape index (κ2) is 7.68. The molecule has 0 amide bonds. The molecule has 4 nitrogen and oxygen atoms in total. The molecule has 0 aliphatic carbocycles. The molecule has 92 valence electrons. The number of hydrogen-bond donors (Lipinski definition) is 1. The van der Waals surface area contributed by atoms with Gasteiger partial charge in [0.05, 0.1) is 0 Å². The number of nitrogens with two attached hydrogens (primary N) is 1. The number of aryl methyl sites for hydroxylation is 1. The number of aromatic nitrogens is 3. The lowest BCUT2D eigenvalue weighted by atomic mass is 10.2. The van der Waals surface area contributed by atoms with Crippen LogP contribution in [0, 0.1) is 0 Å². The molecule has 1 rings (SSSR count). The van der Waals surface area contributed by atoms with Crippen LogP contribution in [-0.2, 0) is 13.0 Å². The minimum absolute atomic E-state index is 0.191. The molecule has 1 aromatic rings. The molecule has 16 heavy (non-hydrogen) atoms. The smallest absolute Gasteiger partial charge is 0.138 e. The van der Waals surface area contributed by atoms with Crippen molar-refractivity contribution in [2.75, 3.05) is 11.5 Å². The van der Waals surface area contributed by atoms with E-state index in [9.17, 15) is 0 Å². The van der Waals surface area contributed by atoms with Gasteiger partial charge in [-0.25, -0.2) is 4.98 Å². The molecule has 0 saturated carbocycles. The first-order valence-electron chi connectivity index (χ1n) is 5.97. The first-order valence-corrected chi connectivity index (χ1v) is 7.13. The van der Waals surface area contributed by atoms with Crippen molar-refractivity contribution < 1.29 is 0 Å². The average molecular weight is 242 g/mol. The third kappa shape index (κ3) is 4.53. The number of rotatable bonds is 8. The first-order chi connectivity index (χ1) is 7.77. The van der Waals surface area contributed by atoms with Crippen LogP contribution in [0.25, 0.3) is 0 Å². The van der Waals surface area contributed by atoms with E-state index in [2.05, 4.69) is 23.9 Å². The molecule has 1 heterocycles. The molecule has 1 atom stereocenters. The second-order valence-corrected chi connectivity index (χ2v) is 5.09. The van der Waals surface area contributed by atoms with Crippen molar-refractivity contribution in [3.63, 3.8) is 0 Å². The summed E-state index contributed by atoms with van der Waals surface area (Å²) in [5.41, 5.74) is 6.07. The van der Waals surface area contributed by atoms with Gasteiger partial charge in [-0.1, -0.05) is 13.8 Å². The quantitative estimate of drug-likeness (QED) is 0.705. The first kappa shape index (κ1) is 13.5. The summed E-state index contributed by atoms with van der Waals surface area (Å²) in [6, 6.07) is 0.191. The maximum Gasteiger partial charge on any atom is 0.138 e. The van der Waals surface area contributed by atoms with Crippen LogP contribution in [0.3, 0.4) is 0 Å².